The van der Waals surface area contributed by atoms with E-state index in [-0.39, 0.29) is 12.0 Å². The molecule has 10 heavy (non-hydrogen) atoms. The van der Waals surface area contributed by atoms with Gasteiger partial charge in [0.05, 0.1) is 12.0 Å². The van der Waals surface area contributed by atoms with E-state index in [0.29, 0.717) is 5.92 Å². The molecule has 1 rings (SSSR count). The quantitative estimate of drug-likeness (QED) is 0.618. The lowest BCUT2D eigenvalue weighted by Gasteiger charge is -2.24. The molecule has 1 fully saturated rings. The van der Waals surface area contributed by atoms with E-state index >= 15 is 0 Å². The lowest BCUT2D eigenvalue weighted by Crippen LogP contribution is -2.21. The smallest absolute Gasteiger partial charge is 0.0597 e. The fourth-order valence-electron chi connectivity index (χ4n) is 1.64. The monoisotopic (exact) mass is 162 g/mol. The van der Waals surface area contributed by atoms with E-state index in [9.17, 15) is 0 Å². The van der Waals surface area contributed by atoms with Crippen LogP contribution in [-0.2, 0) is 0 Å². The summed E-state index contributed by atoms with van der Waals surface area (Å²) in [5, 5.41) is 8.77. The Morgan fingerprint density at radius 2 is 1.90 bits per heavy atom. The van der Waals surface area contributed by atoms with E-state index in [4.69, 9.17) is 16.7 Å². The van der Waals surface area contributed by atoms with E-state index in [1.54, 1.807) is 0 Å². The molecular formula is C8H15ClO. The van der Waals surface area contributed by atoms with Crippen LogP contribution in [0, 0.1) is 5.92 Å². The summed E-state index contributed by atoms with van der Waals surface area (Å²) in [5.74, 6) is 0.584. The van der Waals surface area contributed by atoms with Gasteiger partial charge in [-0.05, 0) is 18.8 Å². The molecule has 0 spiro atoms. The van der Waals surface area contributed by atoms with E-state index in [2.05, 4.69) is 0 Å². The Balaban J connectivity index is 2.24. The minimum atomic E-state index is 0.0142. The van der Waals surface area contributed by atoms with Crippen molar-refractivity contribution in [3.63, 3.8) is 0 Å². The highest BCUT2D eigenvalue weighted by atomic mass is 35.5. The van der Waals surface area contributed by atoms with Gasteiger partial charge in [-0.3, -0.25) is 0 Å². The Morgan fingerprint density at radius 3 is 2.40 bits per heavy atom. The Labute approximate surface area is 67.4 Å². The van der Waals surface area contributed by atoms with Crippen LogP contribution in [0.4, 0.5) is 0 Å². The fraction of sp³-hybridized carbons (Fsp3) is 1.00. The van der Waals surface area contributed by atoms with Gasteiger partial charge in [0.25, 0.3) is 0 Å². The lowest BCUT2D eigenvalue weighted by molar-refractivity contribution is 0.235. The predicted octanol–water partition coefficient (Wildman–Crippen LogP) is 2.17. The summed E-state index contributed by atoms with van der Waals surface area (Å²) in [6.45, 7) is 0.145. The van der Waals surface area contributed by atoms with Gasteiger partial charge in [-0.15, -0.1) is 11.6 Å². The molecule has 0 bridgehead atoms. The van der Waals surface area contributed by atoms with Crippen molar-refractivity contribution in [3.05, 3.63) is 0 Å². The minimum absolute atomic E-state index is 0.0142. The van der Waals surface area contributed by atoms with Gasteiger partial charge in [0, 0.05) is 0 Å². The molecule has 0 aliphatic heterocycles. The summed E-state index contributed by atoms with van der Waals surface area (Å²) in [4.78, 5) is 0. The van der Waals surface area contributed by atoms with Crippen molar-refractivity contribution in [1.29, 1.82) is 0 Å². The minimum Gasteiger partial charge on any atom is -0.395 e. The van der Waals surface area contributed by atoms with Crippen molar-refractivity contribution in [2.45, 2.75) is 37.5 Å². The molecule has 1 aliphatic rings. The average molecular weight is 163 g/mol. The molecule has 1 N–H and O–H groups in total. The number of hydrogen-bond acceptors (Lipinski definition) is 1. The average Bonchev–Trinajstić information content (AvgIpc) is 2.05. The summed E-state index contributed by atoms with van der Waals surface area (Å²) in [6, 6.07) is 0. The van der Waals surface area contributed by atoms with Crippen LogP contribution in [0.2, 0.25) is 0 Å². The number of aliphatic hydroxyl groups excluding tert-OH is 1. The van der Waals surface area contributed by atoms with Gasteiger partial charge >= 0.3 is 0 Å². The lowest BCUT2D eigenvalue weighted by atomic mass is 9.87. The summed E-state index contributed by atoms with van der Waals surface area (Å²) in [5.41, 5.74) is 0. The van der Waals surface area contributed by atoms with Crippen molar-refractivity contribution in [3.8, 4) is 0 Å². The maximum absolute atomic E-state index is 8.76. The topological polar surface area (TPSA) is 20.2 Å². The third kappa shape index (κ3) is 2.14. The third-order valence-corrected chi connectivity index (χ3v) is 2.83. The molecule has 0 aromatic heterocycles. The fourth-order valence-corrected chi connectivity index (χ4v) is 1.90. The maximum atomic E-state index is 8.76. The Morgan fingerprint density at radius 1 is 1.30 bits per heavy atom. The molecule has 1 atom stereocenters. The standard InChI is InChI=1S/C8H15ClO/c9-8(6-10)7-4-2-1-3-5-7/h7-8,10H,1-6H2/t8-/m1/s1. The van der Waals surface area contributed by atoms with Crippen LogP contribution in [0.15, 0.2) is 0 Å². The first-order chi connectivity index (χ1) is 4.84. The van der Waals surface area contributed by atoms with Crippen molar-refractivity contribution < 1.29 is 5.11 Å². The molecule has 0 radical (unpaired) electrons. The van der Waals surface area contributed by atoms with E-state index in [1.165, 1.54) is 32.1 Å². The molecule has 0 saturated heterocycles. The molecule has 2 heteroatoms. The second-order valence-electron chi connectivity index (χ2n) is 3.10. The number of aliphatic hydroxyl groups is 1. The summed E-state index contributed by atoms with van der Waals surface area (Å²) in [7, 11) is 0. The van der Waals surface area contributed by atoms with E-state index < -0.39 is 0 Å². The van der Waals surface area contributed by atoms with Gasteiger partial charge in [0.2, 0.25) is 0 Å². The zero-order valence-electron chi connectivity index (χ0n) is 6.22. The highest BCUT2D eigenvalue weighted by Crippen LogP contribution is 2.28. The maximum Gasteiger partial charge on any atom is 0.0597 e. The van der Waals surface area contributed by atoms with Crippen LogP contribution in [0.3, 0.4) is 0 Å². The Hall–Kier alpha value is 0.250. The van der Waals surface area contributed by atoms with E-state index in [1.807, 2.05) is 0 Å². The van der Waals surface area contributed by atoms with Gasteiger partial charge in [-0.25, -0.2) is 0 Å². The molecule has 0 heterocycles. The van der Waals surface area contributed by atoms with Crippen molar-refractivity contribution in [2.24, 2.45) is 5.92 Å². The highest BCUT2D eigenvalue weighted by molar-refractivity contribution is 6.20. The van der Waals surface area contributed by atoms with Gasteiger partial charge < -0.3 is 5.11 Å². The largest absolute Gasteiger partial charge is 0.395 e. The molecule has 0 aromatic rings. The Bertz CT molecular complexity index is 89.3. The van der Waals surface area contributed by atoms with Crippen molar-refractivity contribution in [2.75, 3.05) is 6.61 Å². The molecule has 0 unspecified atom stereocenters. The normalized spacial score (nSPS) is 24.6. The van der Waals surface area contributed by atoms with Crippen LogP contribution >= 0.6 is 11.6 Å². The zero-order valence-corrected chi connectivity index (χ0v) is 6.98. The predicted molar refractivity (Wildman–Crippen MR) is 43.3 cm³/mol. The van der Waals surface area contributed by atoms with Gasteiger partial charge in [-0.1, -0.05) is 19.3 Å². The van der Waals surface area contributed by atoms with Crippen LogP contribution in [0.25, 0.3) is 0 Å². The summed E-state index contributed by atoms with van der Waals surface area (Å²) >= 11 is 5.89. The number of rotatable bonds is 2. The summed E-state index contributed by atoms with van der Waals surface area (Å²) in [6.07, 6.45) is 6.39. The molecular weight excluding hydrogens is 148 g/mol. The van der Waals surface area contributed by atoms with Gasteiger partial charge in [0.15, 0.2) is 0 Å². The van der Waals surface area contributed by atoms with Crippen molar-refractivity contribution in [1.82, 2.24) is 0 Å². The van der Waals surface area contributed by atoms with Gasteiger partial charge in [0.1, 0.15) is 0 Å². The number of alkyl halides is 1. The number of halogens is 1. The van der Waals surface area contributed by atoms with Crippen LogP contribution in [0.5, 0.6) is 0 Å². The van der Waals surface area contributed by atoms with Crippen molar-refractivity contribution >= 4 is 11.6 Å². The second-order valence-corrected chi connectivity index (χ2v) is 3.66. The van der Waals surface area contributed by atoms with E-state index in [0.717, 1.165) is 0 Å². The molecule has 1 saturated carbocycles. The highest BCUT2D eigenvalue weighted by Gasteiger charge is 2.20. The summed E-state index contributed by atoms with van der Waals surface area (Å²) < 4.78 is 0. The SMILES string of the molecule is OC[C@@H](Cl)C1CCCCC1. The first kappa shape index (κ1) is 8.35. The van der Waals surface area contributed by atoms with Gasteiger partial charge in [-0.2, -0.15) is 0 Å². The van der Waals surface area contributed by atoms with Crippen LogP contribution in [-0.4, -0.2) is 17.1 Å². The third-order valence-electron chi connectivity index (χ3n) is 2.34. The second kappa shape index (κ2) is 4.20. The zero-order chi connectivity index (χ0) is 7.40. The molecule has 60 valence electrons. The first-order valence-electron chi connectivity index (χ1n) is 4.09. The molecule has 1 aliphatic carbocycles. The van der Waals surface area contributed by atoms with Crippen LogP contribution < -0.4 is 0 Å². The molecule has 0 amide bonds. The first-order valence-corrected chi connectivity index (χ1v) is 4.53. The molecule has 0 aromatic carbocycles. The molecule has 1 nitrogen and oxygen atoms in total. The Kier molecular flexibility index (Phi) is 3.50. The number of hydrogen-bond donors (Lipinski definition) is 1. The van der Waals surface area contributed by atoms with Crippen LogP contribution in [0.1, 0.15) is 32.1 Å².